The van der Waals surface area contributed by atoms with E-state index in [1.54, 1.807) is 51.2 Å². The van der Waals surface area contributed by atoms with Gasteiger partial charge in [-0.15, -0.1) is 0 Å². The van der Waals surface area contributed by atoms with Gasteiger partial charge in [-0.25, -0.2) is 19.2 Å². The van der Waals surface area contributed by atoms with Gasteiger partial charge in [0.1, 0.15) is 11.3 Å². The van der Waals surface area contributed by atoms with Crippen molar-refractivity contribution < 1.29 is 19.1 Å². The monoisotopic (exact) mass is 393 g/mol. The van der Waals surface area contributed by atoms with E-state index in [0.717, 1.165) is 5.69 Å². The lowest BCUT2D eigenvalue weighted by atomic mass is 10.2. The molecule has 0 N–H and O–H groups in total. The van der Waals surface area contributed by atoms with Crippen LogP contribution in [0.2, 0.25) is 0 Å². The first-order valence-electron chi connectivity index (χ1n) is 9.12. The molecule has 3 aromatic rings. The summed E-state index contributed by atoms with van der Waals surface area (Å²) < 4.78 is 12.0. The molecule has 0 radical (unpaired) electrons. The number of benzene rings is 2. The highest BCUT2D eigenvalue weighted by molar-refractivity contribution is 6.03. The molecular formula is C22H23N3O4. The molecule has 1 aromatic heterocycles. The van der Waals surface area contributed by atoms with Gasteiger partial charge in [0.2, 0.25) is 0 Å². The second kappa shape index (κ2) is 8.18. The highest BCUT2D eigenvalue weighted by Gasteiger charge is 2.31. The van der Waals surface area contributed by atoms with Crippen LogP contribution in [-0.2, 0) is 9.47 Å². The zero-order valence-electron chi connectivity index (χ0n) is 16.8. The molecule has 29 heavy (non-hydrogen) atoms. The minimum Gasteiger partial charge on any atom is -0.464 e. The van der Waals surface area contributed by atoms with Gasteiger partial charge < -0.3 is 9.47 Å². The number of esters is 1. The van der Waals surface area contributed by atoms with E-state index >= 15 is 0 Å². The second-order valence-corrected chi connectivity index (χ2v) is 7.29. The number of para-hydroxylation sites is 2. The van der Waals surface area contributed by atoms with E-state index in [1.165, 1.54) is 16.7 Å². The summed E-state index contributed by atoms with van der Waals surface area (Å²) in [7, 11) is 1.27. The topological polar surface area (TPSA) is 73.7 Å². The van der Waals surface area contributed by atoms with Crippen LogP contribution >= 0.6 is 0 Å². The first-order valence-corrected chi connectivity index (χ1v) is 9.12. The molecule has 1 amide bonds. The molecular weight excluding hydrogens is 370 g/mol. The number of nitrogens with zero attached hydrogens (tertiary/aromatic N) is 3. The van der Waals surface area contributed by atoms with Crippen molar-refractivity contribution in [1.29, 1.82) is 0 Å². The summed E-state index contributed by atoms with van der Waals surface area (Å²) in [5.74, 6) is -0.654. The van der Waals surface area contributed by atoms with Gasteiger partial charge in [0, 0.05) is 0 Å². The third-order valence-corrected chi connectivity index (χ3v) is 3.93. The van der Waals surface area contributed by atoms with Crippen LogP contribution in [0, 0.1) is 0 Å². The molecule has 0 bridgehead atoms. The van der Waals surface area contributed by atoms with Crippen LogP contribution in [0.1, 0.15) is 31.3 Å². The van der Waals surface area contributed by atoms with Gasteiger partial charge in [0.25, 0.3) is 0 Å². The number of anilines is 2. The smallest absolute Gasteiger partial charge is 0.419 e. The summed E-state index contributed by atoms with van der Waals surface area (Å²) in [5, 5.41) is 4.37. The van der Waals surface area contributed by atoms with Crippen LogP contribution in [0.4, 0.5) is 16.2 Å². The van der Waals surface area contributed by atoms with E-state index in [1.807, 2.05) is 36.4 Å². The lowest BCUT2D eigenvalue weighted by Crippen LogP contribution is -2.34. The average molecular weight is 393 g/mol. The Morgan fingerprint density at radius 2 is 1.55 bits per heavy atom. The summed E-state index contributed by atoms with van der Waals surface area (Å²) >= 11 is 0. The van der Waals surface area contributed by atoms with E-state index in [2.05, 4.69) is 5.10 Å². The number of methoxy groups -OCH3 is 1. The molecule has 2 aromatic carbocycles. The van der Waals surface area contributed by atoms with Gasteiger partial charge in [-0.05, 0) is 45.0 Å². The maximum absolute atomic E-state index is 13.1. The quantitative estimate of drug-likeness (QED) is 0.599. The molecule has 0 unspecified atom stereocenters. The predicted molar refractivity (Wildman–Crippen MR) is 110 cm³/mol. The molecule has 7 heteroatoms. The van der Waals surface area contributed by atoms with Crippen molar-refractivity contribution in [2.24, 2.45) is 0 Å². The Bertz CT molecular complexity index is 992. The Morgan fingerprint density at radius 3 is 2.10 bits per heavy atom. The molecule has 0 atom stereocenters. The molecule has 0 saturated heterocycles. The van der Waals surface area contributed by atoms with E-state index in [-0.39, 0.29) is 11.4 Å². The zero-order chi connectivity index (χ0) is 21.0. The average Bonchev–Trinajstić information content (AvgIpc) is 3.12. The molecule has 3 rings (SSSR count). The molecule has 0 spiro atoms. The summed E-state index contributed by atoms with van der Waals surface area (Å²) in [6.45, 7) is 5.34. The van der Waals surface area contributed by atoms with Crippen molar-refractivity contribution in [2.75, 3.05) is 12.0 Å². The SMILES string of the molecule is COC(=O)c1nn(-c2ccccc2)cc1N(C(=O)OC(C)(C)C)c1ccccc1. The van der Waals surface area contributed by atoms with Crippen LogP contribution in [-0.4, -0.2) is 34.6 Å². The van der Waals surface area contributed by atoms with Gasteiger partial charge >= 0.3 is 12.1 Å². The summed E-state index contributed by atoms with van der Waals surface area (Å²) in [6, 6.07) is 18.2. The van der Waals surface area contributed by atoms with Crippen LogP contribution in [0.3, 0.4) is 0 Å². The van der Waals surface area contributed by atoms with Crippen molar-refractivity contribution in [1.82, 2.24) is 9.78 Å². The van der Waals surface area contributed by atoms with Gasteiger partial charge in [0.05, 0.1) is 24.7 Å². The lowest BCUT2D eigenvalue weighted by molar-refractivity contribution is 0.0591. The van der Waals surface area contributed by atoms with Crippen molar-refractivity contribution >= 4 is 23.4 Å². The number of amides is 1. The van der Waals surface area contributed by atoms with Crippen molar-refractivity contribution in [3.8, 4) is 5.69 Å². The molecule has 0 aliphatic heterocycles. The minimum absolute atomic E-state index is 0.00562. The van der Waals surface area contributed by atoms with Gasteiger partial charge in [-0.1, -0.05) is 36.4 Å². The molecule has 0 saturated carbocycles. The van der Waals surface area contributed by atoms with Crippen LogP contribution in [0.25, 0.3) is 5.69 Å². The molecule has 0 aliphatic carbocycles. The fourth-order valence-electron chi connectivity index (χ4n) is 2.71. The van der Waals surface area contributed by atoms with Crippen molar-refractivity contribution in [3.63, 3.8) is 0 Å². The fourth-order valence-corrected chi connectivity index (χ4v) is 2.71. The number of hydrogen-bond acceptors (Lipinski definition) is 5. The molecule has 1 heterocycles. The third-order valence-electron chi connectivity index (χ3n) is 3.93. The Hall–Kier alpha value is -3.61. The normalized spacial score (nSPS) is 11.0. The summed E-state index contributed by atoms with van der Waals surface area (Å²) in [4.78, 5) is 26.9. The van der Waals surface area contributed by atoms with Crippen LogP contribution in [0.5, 0.6) is 0 Å². The largest absolute Gasteiger partial charge is 0.464 e. The Morgan fingerprint density at radius 1 is 0.966 bits per heavy atom. The van der Waals surface area contributed by atoms with E-state index in [9.17, 15) is 9.59 Å². The second-order valence-electron chi connectivity index (χ2n) is 7.29. The van der Waals surface area contributed by atoms with Crippen molar-refractivity contribution in [2.45, 2.75) is 26.4 Å². The van der Waals surface area contributed by atoms with Gasteiger partial charge in [0.15, 0.2) is 5.69 Å². The van der Waals surface area contributed by atoms with E-state index in [0.29, 0.717) is 5.69 Å². The number of carbonyl (C=O) groups excluding carboxylic acids is 2. The fraction of sp³-hybridized carbons (Fsp3) is 0.227. The number of hydrogen-bond donors (Lipinski definition) is 0. The number of carbonyl (C=O) groups is 2. The summed E-state index contributed by atoms with van der Waals surface area (Å²) in [5.41, 5.74) is 0.832. The first kappa shape index (κ1) is 20.1. The van der Waals surface area contributed by atoms with Crippen molar-refractivity contribution in [3.05, 3.63) is 72.6 Å². The van der Waals surface area contributed by atoms with Gasteiger partial charge in [-0.2, -0.15) is 5.10 Å². The standard InChI is InChI=1S/C22H23N3O4/c1-22(2,3)29-21(27)25(17-13-9-6-10-14-17)18-15-24(16-11-7-5-8-12-16)23-19(18)20(26)28-4/h5-15H,1-4H3. The predicted octanol–water partition coefficient (Wildman–Crippen LogP) is 4.73. The first-order chi connectivity index (χ1) is 13.8. The third kappa shape index (κ3) is 4.63. The highest BCUT2D eigenvalue weighted by Crippen LogP contribution is 2.31. The van der Waals surface area contributed by atoms with Crippen LogP contribution < -0.4 is 4.90 Å². The molecule has 0 aliphatic rings. The number of rotatable bonds is 4. The Kier molecular flexibility index (Phi) is 5.68. The minimum atomic E-state index is -0.717. The van der Waals surface area contributed by atoms with Crippen LogP contribution in [0.15, 0.2) is 66.9 Å². The van der Waals surface area contributed by atoms with Gasteiger partial charge in [-0.3, -0.25) is 0 Å². The van der Waals surface area contributed by atoms with E-state index in [4.69, 9.17) is 9.47 Å². The Labute approximate surface area is 169 Å². The highest BCUT2D eigenvalue weighted by atomic mass is 16.6. The maximum atomic E-state index is 13.1. The number of aromatic nitrogens is 2. The zero-order valence-corrected chi connectivity index (χ0v) is 16.8. The van der Waals surface area contributed by atoms with E-state index < -0.39 is 17.7 Å². The lowest BCUT2D eigenvalue weighted by Gasteiger charge is -2.27. The molecule has 7 nitrogen and oxygen atoms in total. The Balaban J connectivity index is 2.17. The summed E-state index contributed by atoms with van der Waals surface area (Å²) in [6.07, 6.45) is 0.986. The molecule has 150 valence electrons. The number of ether oxygens (including phenoxy) is 2. The molecule has 0 fully saturated rings. The maximum Gasteiger partial charge on any atom is 0.419 e.